The van der Waals surface area contributed by atoms with E-state index in [0.29, 0.717) is 5.56 Å². The van der Waals surface area contributed by atoms with Crippen molar-refractivity contribution in [3.63, 3.8) is 0 Å². The molecule has 0 aromatic carbocycles. The number of aromatic nitrogens is 3. The Hall–Kier alpha value is -3.09. The van der Waals surface area contributed by atoms with Gasteiger partial charge in [0, 0.05) is 26.7 Å². The minimum atomic E-state index is -3.59. The van der Waals surface area contributed by atoms with Gasteiger partial charge in [0.05, 0.1) is 30.8 Å². The van der Waals surface area contributed by atoms with Crippen LogP contribution in [0.4, 0.5) is 0 Å². The average molecular weight is 495 g/mol. The van der Waals surface area contributed by atoms with Crippen LogP contribution >= 0.6 is 11.6 Å². The van der Waals surface area contributed by atoms with Crippen LogP contribution in [0.15, 0.2) is 30.9 Å². The number of carbonyl (C=O) groups excluding carboxylic acids is 2. The molecule has 1 saturated heterocycles. The maximum absolute atomic E-state index is 12.5. The Balaban J connectivity index is 2.11. The summed E-state index contributed by atoms with van der Waals surface area (Å²) in [5, 5.41) is 2.56. The van der Waals surface area contributed by atoms with Crippen LogP contribution in [0.3, 0.4) is 0 Å². The zero-order valence-corrected chi connectivity index (χ0v) is 19.9. The number of hydrogen-bond acceptors (Lipinski definition) is 8. The van der Waals surface area contributed by atoms with Crippen molar-refractivity contribution in [2.24, 2.45) is 0 Å². The first-order valence-corrected chi connectivity index (χ1v) is 12.0. The largest absolute Gasteiger partial charge is 0.467 e. The van der Waals surface area contributed by atoms with Crippen LogP contribution in [0.25, 0.3) is 11.4 Å². The number of nitrogens with zero attached hydrogens (tertiary/aromatic N) is 5. The molecule has 0 aliphatic carbocycles. The predicted octanol–water partition coefficient (Wildman–Crippen LogP) is 0.891. The maximum Gasteiger partial charge on any atom is 0.317 e. The molecule has 3 rings (SSSR count). The van der Waals surface area contributed by atoms with Gasteiger partial charge in [-0.05, 0) is 29.8 Å². The van der Waals surface area contributed by atoms with E-state index in [0.717, 1.165) is 6.26 Å². The number of nitrogens with one attached hydrogen (secondary N) is 1. The van der Waals surface area contributed by atoms with Crippen LogP contribution in [0.2, 0.25) is 5.15 Å². The standard InChI is InChI=1S/C20H23ClN6O5S/c1-5-18(28)26-6-7-27(33(4,30)31)16(11-26)12-8-13(23-17(21)9-12)14-10-15(19(29)22-2)25-20(24-14)32-3/h5,8-10,16H,1,6-7,11H2,2-4H3,(H,22,29)/t16-/m1/s1. The molecule has 11 nitrogen and oxygen atoms in total. The van der Waals surface area contributed by atoms with Crippen molar-refractivity contribution in [1.82, 2.24) is 29.5 Å². The van der Waals surface area contributed by atoms with E-state index in [2.05, 4.69) is 26.8 Å². The fourth-order valence-electron chi connectivity index (χ4n) is 3.50. The number of halogens is 1. The molecule has 0 bridgehead atoms. The molecule has 1 aliphatic rings. The van der Waals surface area contributed by atoms with Crippen molar-refractivity contribution < 1.29 is 22.7 Å². The fourth-order valence-corrected chi connectivity index (χ4v) is 4.78. The molecular weight excluding hydrogens is 472 g/mol. The summed E-state index contributed by atoms with van der Waals surface area (Å²) in [4.78, 5) is 38.4. The Morgan fingerprint density at radius 2 is 1.91 bits per heavy atom. The Morgan fingerprint density at radius 1 is 1.21 bits per heavy atom. The summed E-state index contributed by atoms with van der Waals surface area (Å²) in [7, 11) is -0.768. The summed E-state index contributed by atoms with van der Waals surface area (Å²) < 4.78 is 31.3. The number of sulfonamides is 1. The van der Waals surface area contributed by atoms with E-state index in [1.54, 1.807) is 6.07 Å². The molecule has 2 amide bonds. The van der Waals surface area contributed by atoms with E-state index in [-0.39, 0.29) is 53.8 Å². The molecule has 33 heavy (non-hydrogen) atoms. The van der Waals surface area contributed by atoms with Crippen molar-refractivity contribution in [2.45, 2.75) is 6.04 Å². The molecule has 1 aliphatic heterocycles. The maximum atomic E-state index is 12.5. The normalized spacial score (nSPS) is 16.8. The highest BCUT2D eigenvalue weighted by atomic mass is 35.5. The Morgan fingerprint density at radius 3 is 2.52 bits per heavy atom. The number of methoxy groups -OCH3 is 1. The highest BCUT2D eigenvalue weighted by Gasteiger charge is 2.35. The molecule has 13 heteroatoms. The van der Waals surface area contributed by atoms with Crippen LogP contribution in [-0.2, 0) is 14.8 Å². The molecule has 0 radical (unpaired) electrons. The first kappa shape index (κ1) is 24.6. The van der Waals surface area contributed by atoms with Crippen molar-refractivity contribution >= 4 is 33.4 Å². The van der Waals surface area contributed by atoms with Crippen molar-refractivity contribution in [3.8, 4) is 17.4 Å². The first-order valence-electron chi connectivity index (χ1n) is 9.78. The highest BCUT2D eigenvalue weighted by Crippen LogP contribution is 2.32. The van der Waals surface area contributed by atoms with E-state index in [1.807, 2.05) is 0 Å². The lowest BCUT2D eigenvalue weighted by Gasteiger charge is -2.40. The smallest absolute Gasteiger partial charge is 0.317 e. The van der Waals surface area contributed by atoms with E-state index < -0.39 is 22.0 Å². The topological polar surface area (TPSA) is 135 Å². The van der Waals surface area contributed by atoms with Crippen molar-refractivity contribution in [2.75, 3.05) is 40.0 Å². The molecule has 3 heterocycles. The third kappa shape index (κ3) is 5.46. The van der Waals surface area contributed by atoms with E-state index in [1.165, 1.54) is 41.6 Å². The number of piperazine rings is 1. The number of pyridine rings is 1. The van der Waals surface area contributed by atoms with Gasteiger partial charge >= 0.3 is 6.01 Å². The number of ether oxygens (including phenoxy) is 1. The number of hydrogen-bond donors (Lipinski definition) is 1. The second kappa shape index (κ2) is 9.81. The molecule has 2 aromatic heterocycles. The molecule has 2 aromatic rings. The van der Waals surface area contributed by atoms with Gasteiger partial charge < -0.3 is 15.0 Å². The minimum absolute atomic E-state index is 0.0485. The number of amides is 2. The molecule has 176 valence electrons. The van der Waals surface area contributed by atoms with Gasteiger partial charge in [-0.15, -0.1) is 0 Å². The summed E-state index contributed by atoms with van der Waals surface area (Å²) in [6, 6.07) is 3.82. The van der Waals surface area contributed by atoms with E-state index in [9.17, 15) is 18.0 Å². The van der Waals surface area contributed by atoms with Gasteiger partial charge in [0.15, 0.2) is 0 Å². The zero-order valence-electron chi connectivity index (χ0n) is 18.3. The molecule has 1 atom stereocenters. The fraction of sp³-hybridized carbons (Fsp3) is 0.350. The Labute approximate surface area is 196 Å². The van der Waals surface area contributed by atoms with Gasteiger partial charge in [0.2, 0.25) is 15.9 Å². The quantitative estimate of drug-likeness (QED) is 0.462. The molecular formula is C20H23ClN6O5S. The number of rotatable bonds is 6. The molecule has 0 spiro atoms. The van der Waals surface area contributed by atoms with Crippen molar-refractivity contribution in [1.29, 1.82) is 0 Å². The highest BCUT2D eigenvalue weighted by molar-refractivity contribution is 7.88. The summed E-state index contributed by atoms with van der Waals surface area (Å²) >= 11 is 6.28. The third-order valence-corrected chi connectivity index (χ3v) is 6.54. The van der Waals surface area contributed by atoms with Crippen LogP contribution in [0, 0.1) is 0 Å². The van der Waals surface area contributed by atoms with Gasteiger partial charge in [-0.25, -0.2) is 13.4 Å². The van der Waals surface area contributed by atoms with Crippen LogP contribution in [-0.4, -0.2) is 84.4 Å². The van der Waals surface area contributed by atoms with Crippen molar-refractivity contribution in [3.05, 3.63) is 47.3 Å². The van der Waals surface area contributed by atoms with Crippen LogP contribution < -0.4 is 10.1 Å². The Bertz CT molecular complexity index is 1210. The summed E-state index contributed by atoms with van der Waals surface area (Å²) in [5.74, 6) is -0.752. The lowest BCUT2D eigenvalue weighted by molar-refractivity contribution is -0.128. The van der Waals surface area contributed by atoms with Gasteiger partial charge in [0.25, 0.3) is 5.91 Å². The second-order valence-electron chi connectivity index (χ2n) is 7.19. The minimum Gasteiger partial charge on any atom is -0.467 e. The zero-order chi connectivity index (χ0) is 24.3. The SMILES string of the molecule is C=CC(=O)N1CCN(S(C)(=O)=O)[C@@H](c2cc(Cl)nc(-c3cc(C(=O)NC)nc(OC)n3)c2)C1. The second-order valence-corrected chi connectivity index (χ2v) is 9.51. The van der Waals surface area contributed by atoms with Crippen LogP contribution in [0.1, 0.15) is 22.1 Å². The van der Waals surface area contributed by atoms with Gasteiger partial charge in [0.1, 0.15) is 10.8 Å². The van der Waals surface area contributed by atoms with E-state index in [4.69, 9.17) is 16.3 Å². The lowest BCUT2D eigenvalue weighted by atomic mass is 10.0. The summed E-state index contributed by atoms with van der Waals surface area (Å²) in [6.45, 7) is 3.95. The van der Waals surface area contributed by atoms with Gasteiger partial charge in [-0.3, -0.25) is 9.59 Å². The van der Waals surface area contributed by atoms with E-state index >= 15 is 0 Å². The van der Waals surface area contributed by atoms with Gasteiger partial charge in [-0.2, -0.15) is 14.3 Å². The predicted molar refractivity (Wildman–Crippen MR) is 121 cm³/mol. The monoisotopic (exact) mass is 494 g/mol. The third-order valence-electron chi connectivity index (χ3n) is 5.06. The van der Waals surface area contributed by atoms with Crippen LogP contribution in [0.5, 0.6) is 6.01 Å². The lowest BCUT2D eigenvalue weighted by Crippen LogP contribution is -2.51. The number of carbonyl (C=O) groups is 2. The summed E-state index contributed by atoms with van der Waals surface area (Å²) in [6.07, 6.45) is 2.30. The molecule has 1 fully saturated rings. The summed E-state index contributed by atoms with van der Waals surface area (Å²) in [5.41, 5.74) is 1.10. The molecule has 1 N–H and O–H groups in total. The average Bonchev–Trinajstić information content (AvgIpc) is 2.81. The Kier molecular flexibility index (Phi) is 7.30. The first-order chi connectivity index (χ1) is 15.6. The van der Waals surface area contributed by atoms with Gasteiger partial charge in [-0.1, -0.05) is 18.2 Å². The molecule has 0 unspecified atom stereocenters. The molecule has 0 saturated carbocycles.